The average molecular weight is 448 g/mol. The van der Waals surface area contributed by atoms with Crippen molar-refractivity contribution < 1.29 is 9.66 Å². The molecule has 27 heavy (non-hydrogen) atoms. The summed E-state index contributed by atoms with van der Waals surface area (Å²) in [7, 11) is 0. The Kier molecular flexibility index (Phi) is 6.32. The van der Waals surface area contributed by atoms with E-state index in [1.54, 1.807) is 12.1 Å². The number of anilines is 1. The molecule has 0 aliphatic carbocycles. The first-order valence-electron chi connectivity index (χ1n) is 8.15. The van der Waals surface area contributed by atoms with Gasteiger partial charge in [0.15, 0.2) is 0 Å². The van der Waals surface area contributed by atoms with Crippen molar-refractivity contribution >= 4 is 38.9 Å². The van der Waals surface area contributed by atoms with Gasteiger partial charge in [0.25, 0.3) is 5.69 Å². The molecule has 5 nitrogen and oxygen atoms in total. The molecule has 0 aliphatic heterocycles. The van der Waals surface area contributed by atoms with Crippen LogP contribution in [-0.2, 0) is 13.2 Å². The molecule has 3 rings (SSSR count). The van der Waals surface area contributed by atoms with Gasteiger partial charge in [0.05, 0.1) is 9.40 Å². The number of nitrogens with one attached hydrogen (secondary N) is 1. The van der Waals surface area contributed by atoms with Crippen molar-refractivity contribution in [2.45, 2.75) is 13.2 Å². The molecule has 3 aromatic carbocycles. The summed E-state index contributed by atoms with van der Waals surface area (Å²) >= 11 is 9.42. The minimum atomic E-state index is -0.413. The van der Waals surface area contributed by atoms with E-state index in [2.05, 4.69) is 21.2 Å². The molecule has 0 saturated heterocycles. The molecule has 0 spiro atoms. The molecule has 1 N–H and O–H groups in total. The highest BCUT2D eigenvalue weighted by Gasteiger charge is 2.06. The number of hydrogen-bond donors (Lipinski definition) is 1. The zero-order valence-electron chi connectivity index (χ0n) is 14.2. The molecular formula is C20H16BrClN2O3. The van der Waals surface area contributed by atoms with Gasteiger partial charge in [-0.25, -0.2) is 0 Å². The maximum Gasteiger partial charge on any atom is 0.269 e. The van der Waals surface area contributed by atoms with E-state index in [9.17, 15) is 10.1 Å². The Morgan fingerprint density at radius 2 is 1.67 bits per heavy atom. The lowest BCUT2D eigenvalue weighted by molar-refractivity contribution is -0.384. The fraction of sp³-hybridized carbons (Fsp3) is 0.100. The van der Waals surface area contributed by atoms with Crippen molar-refractivity contribution in [2.75, 3.05) is 5.32 Å². The number of benzene rings is 3. The first-order valence-corrected chi connectivity index (χ1v) is 9.32. The molecule has 0 atom stereocenters. The van der Waals surface area contributed by atoms with Crippen molar-refractivity contribution in [3.8, 4) is 5.75 Å². The average Bonchev–Trinajstić information content (AvgIpc) is 2.67. The second kappa shape index (κ2) is 8.88. The highest BCUT2D eigenvalue weighted by Crippen LogP contribution is 2.27. The SMILES string of the molecule is O=[N+]([O-])c1ccc(NCc2ccc(OCc3ccc(Cl)cc3)c(Br)c2)cc1. The van der Waals surface area contributed by atoms with E-state index in [1.165, 1.54) is 12.1 Å². The molecule has 0 aromatic heterocycles. The maximum absolute atomic E-state index is 10.7. The molecule has 0 bridgehead atoms. The third-order valence-electron chi connectivity index (χ3n) is 3.88. The van der Waals surface area contributed by atoms with Gasteiger partial charge in [0, 0.05) is 29.4 Å². The summed E-state index contributed by atoms with van der Waals surface area (Å²) in [5.74, 6) is 0.754. The number of nitro benzene ring substituents is 1. The predicted molar refractivity (Wildman–Crippen MR) is 110 cm³/mol. The van der Waals surface area contributed by atoms with Gasteiger partial charge in [0.1, 0.15) is 12.4 Å². The maximum atomic E-state index is 10.7. The number of halogens is 2. The molecule has 0 amide bonds. The van der Waals surface area contributed by atoms with Gasteiger partial charge in [-0.15, -0.1) is 0 Å². The van der Waals surface area contributed by atoms with Gasteiger partial charge >= 0.3 is 0 Å². The number of ether oxygens (including phenoxy) is 1. The normalized spacial score (nSPS) is 10.4. The number of rotatable bonds is 7. The Hall–Kier alpha value is -2.57. The van der Waals surface area contributed by atoms with Crippen LogP contribution >= 0.6 is 27.5 Å². The zero-order chi connectivity index (χ0) is 19.2. The summed E-state index contributed by atoms with van der Waals surface area (Å²) in [6.45, 7) is 1.05. The largest absolute Gasteiger partial charge is 0.488 e. The third-order valence-corrected chi connectivity index (χ3v) is 4.75. The second-order valence-corrected chi connectivity index (χ2v) is 7.13. The molecule has 0 aliphatic rings. The van der Waals surface area contributed by atoms with Crippen LogP contribution in [0.5, 0.6) is 5.75 Å². The van der Waals surface area contributed by atoms with Crippen LogP contribution in [0.15, 0.2) is 71.2 Å². The molecule has 0 radical (unpaired) electrons. The Bertz CT molecular complexity index is 931. The van der Waals surface area contributed by atoms with Crippen molar-refractivity contribution in [3.05, 3.63) is 97.5 Å². The van der Waals surface area contributed by atoms with Crippen LogP contribution in [0.25, 0.3) is 0 Å². The Balaban J connectivity index is 1.57. The second-order valence-electron chi connectivity index (χ2n) is 5.84. The monoisotopic (exact) mass is 446 g/mol. The standard InChI is InChI=1S/C20H16BrClN2O3/c21-19-11-15(12-23-17-6-8-18(9-7-17)24(25)26)3-10-20(19)27-13-14-1-4-16(22)5-2-14/h1-11,23H,12-13H2. The summed E-state index contributed by atoms with van der Waals surface area (Å²) in [5.41, 5.74) is 2.99. The van der Waals surface area contributed by atoms with Crippen LogP contribution in [0.3, 0.4) is 0 Å². The lowest BCUT2D eigenvalue weighted by Crippen LogP contribution is -2.01. The van der Waals surface area contributed by atoms with Gasteiger partial charge in [-0.3, -0.25) is 10.1 Å². The number of nitrogens with zero attached hydrogens (tertiary/aromatic N) is 1. The van der Waals surface area contributed by atoms with Gasteiger partial charge in [-0.1, -0.05) is 29.8 Å². The number of nitro groups is 1. The van der Waals surface area contributed by atoms with E-state index in [0.29, 0.717) is 18.2 Å². The first-order chi connectivity index (χ1) is 13.0. The van der Waals surface area contributed by atoms with E-state index >= 15 is 0 Å². The van der Waals surface area contributed by atoms with E-state index in [0.717, 1.165) is 27.0 Å². The highest BCUT2D eigenvalue weighted by molar-refractivity contribution is 9.10. The van der Waals surface area contributed by atoms with Crippen molar-refractivity contribution in [1.29, 1.82) is 0 Å². The highest BCUT2D eigenvalue weighted by atomic mass is 79.9. The van der Waals surface area contributed by atoms with Gasteiger partial charge in [-0.2, -0.15) is 0 Å². The number of hydrogen-bond acceptors (Lipinski definition) is 4. The van der Waals surface area contributed by atoms with E-state index in [1.807, 2.05) is 42.5 Å². The third kappa shape index (κ3) is 5.45. The van der Waals surface area contributed by atoms with Crippen molar-refractivity contribution in [2.24, 2.45) is 0 Å². The molecule has 0 fully saturated rings. The Morgan fingerprint density at radius 1 is 1.00 bits per heavy atom. The smallest absolute Gasteiger partial charge is 0.269 e. The fourth-order valence-electron chi connectivity index (χ4n) is 2.42. The van der Waals surface area contributed by atoms with Crippen molar-refractivity contribution in [1.82, 2.24) is 0 Å². The topological polar surface area (TPSA) is 64.4 Å². The first kappa shape index (κ1) is 19.2. The quantitative estimate of drug-likeness (QED) is 0.346. The van der Waals surface area contributed by atoms with Gasteiger partial charge < -0.3 is 10.1 Å². The fourth-order valence-corrected chi connectivity index (χ4v) is 3.08. The molecule has 0 unspecified atom stereocenters. The lowest BCUT2D eigenvalue weighted by Gasteiger charge is -2.11. The van der Waals surface area contributed by atoms with Crippen LogP contribution in [0.1, 0.15) is 11.1 Å². The molecule has 0 saturated carbocycles. The summed E-state index contributed by atoms with van der Waals surface area (Å²) in [6, 6.07) is 19.7. The molecule has 138 valence electrons. The van der Waals surface area contributed by atoms with Crippen molar-refractivity contribution in [3.63, 3.8) is 0 Å². The minimum Gasteiger partial charge on any atom is -0.488 e. The van der Waals surface area contributed by atoms with Crippen LogP contribution in [0.4, 0.5) is 11.4 Å². The summed E-state index contributed by atoms with van der Waals surface area (Å²) in [6.07, 6.45) is 0. The van der Waals surface area contributed by atoms with Gasteiger partial charge in [-0.05, 0) is 63.5 Å². The molecular weight excluding hydrogens is 432 g/mol. The zero-order valence-corrected chi connectivity index (χ0v) is 16.5. The van der Waals surface area contributed by atoms with E-state index < -0.39 is 4.92 Å². The Labute approximate surface area is 170 Å². The van der Waals surface area contributed by atoms with Gasteiger partial charge in [0.2, 0.25) is 0 Å². The Morgan fingerprint density at radius 3 is 2.30 bits per heavy atom. The van der Waals surface area contributed by atoms with Crippen LogP contribution in [0, 0.1) is 10.1 Å². The van der Waals surface area contributed by atoms with Crippen LogP contribution < -0.4 is 10.1 Å². The van der Waals surface area contributed by atoms with Crippen LogP contribution in [-0.4, -0.2) is 4.92 Å². The number of non-ortho nitro benzene ring substituents is 1. The summed E-state index contributed by atoms with van der Waals surface area (Å²) in [4.78, 5) is 10.3. The minimum absolute atomic E-state index is 0.0745. The molecule has 0 heterocycles. The lowest BCUT2D eigenvalue weighted by atomic mass is 10.2. The molecule has 3 aromatic rings. The van der Waals surface area contributed by atoms with E-state index in [-0.39, 0.29) is 5.69 Å². The predicted octanol–water partition coefficient (Wildman–Crippen LogP) is 6.20. The summed E-state index contributed by atoms with van der Waals surface area (Å²) in [5, 5.41) is 14.6. The summed E-state index contributed by atoms with van der Waals surface area (Å²) < 4.78 is 6.70. The van der Waals surface area contributed by atoms with E-state index in [4.69, 9.17) is 16.3 Å². The molecule has 7 heteroatoms. The van der Waals surface area contributed by atoms with Crippen LogP contribution in [0.2, 0.25) is 5.02 Å².